The third kappa shape index (κ3) is 1.78. The molecule has 4 heteroatoms. The maximum atomic E-state index is 11.5. The zero-order valence-electron chi connectivity index (χ0n) is 9.15. The van der Waals surface area contributed by atoms with Gasteiger partial charge in [-0.05, 0) is 13.0 Å². The van der Waals surface area contributed by atoms with Crippen LogP contribution in [0.5, 0.6) is 0 Å². The van der Waals surface area contributed by atoms with Crippen LogP contribution in [-0.2, 0) is 14.3 Å². The van der Waals surface area contributed by atoms with E-state index in [1.165, 1.54) is 7.11 Å². The molecule has 0 aromatic heterocycles. The number of cyclic esters (lactones) is 1. The third-order valence-corrected chi connectivity index (χ3v) is 2.60. The van der Waals surface area contributed by atoms with Gasteiger partial charge in [0.2, 0.25) is 0 Å². The number of ether oxygens (including phenoxy) is 2. The van der Waals surface area contributed by atoms with Crippen LogP contribution in [0.2, 0.25) is 0 Å². The van der Waals surface area contributed by atoms with Gasteiger partial charge in [0.25, 0.3) is 0 Å². The van der Waals surface area contributed by atoms with Gasteiger partial charge in [0.15, 0.2) is 0 Å². The van der Waals surface area contributed by atoms with Crippen LogP contribution in [-0.4, -0.2) is 19.0 Å². The molecule has 0 saturated carbocycles. The molecule has 0 amide bonds. The highest BCUT2D eigenvalue weighted by Gasteiger charge is 2.32. The summed E-state index contributed by atoms with van der Waals surface area (Å²) in [6, 6.07) is 5.49. The molecule has 0 saturated heterocycles. The molecule has 1 aliphatic rings. The monoisotopic (exact) mass is 220 g/mol. The quantitative estimate of drug-likeness (QED) is 0.713. The maximum Gasteiger partial charge on any atom is 0.339 e. The van der Waals surface area contributed by atoms with Crippen LogP contribution in [0.25, 0.3) is 0 Å². The summed E-state index contributed by atoms with van der Waals surface area (Å²) < 4.78 is 9.68. The average Bonchev–Trinajstić information content (AvgIpc) is 2.55. The first-order chi connectivity index (χ1) is 7.61. The standard InChI is InChI=1S/C12H12O4/c1-7-3-4-8-9(5-7)12(14)16-10(8)6-11(13)15-2/h3-5,10H,6H2,1-2H3. The van der Waals surface area contributed by atoms with Gasteiger partial charge in [-0.15, -0.1) is 0 Å². The van der Waals surface area contributed by atoms with Crippen molar-refractivity contribution in [2.45, 2.75) is 19.4 Å². The molecule has 0 fully saturated rings. The fraction of sp³-hybridized carbons (Fsp3) is 0.333. The van der Waals surface area contributed by atoms with Crippen LogP contribution in [0, 0.1) is 6.92 Å². The molecule has 84 valence electrons. The van der Waals surface area contributed by atoms with Crippen LogP contribution in [0.15, 0.2) is 18.2 Å². The molecule has 16 heavy (non-hydrogen) atoms. The molecule has 1 aromatic rings. The van der Waals surface area contributed by atoms with E-state index in [1.54, 1.807) is 6.07 Å². The highest BCUT2D eigenvalue weighted by atomic mass is 16.6. The molecule has 1 unspecified atom stereocenters. The number of aryl methyl sites for hydroxylation is 1. The lowest BCUT2D eigenvalue weighted by Gasteiger charge is -2.08. The molecule has 1 atom stereocenters. The highest BCUT2D eigenvalue weighted by molar-refractivity contribution is 5.94. The van der Waals surface area contributed by atoms with Crippen molar-refractivity contribution in [3.63, 3.8) is 0 Å². The van der Waals surface area contributed by atoms with Crippen molar-refractivity contribution in [3.05, 3.63) is 34.9 Å². The number of fused-ring (bicyclic) bond motifs is 1. The van der Waals surface area contributed by atoms with Crippen LogP contribution < -0.4 is 0 Å². The number of methoxy groups -OCH3 is 1. The highest BCUT2D eigenvalue weighted by Crippen LogP contribution is 2.33. The summed E-state index contributed by atoms with van der Waals surface area (Å²) in [4.78, 5) is 22.7. The fourth-order valence-corrected chi connectivity index (χ4v) is 1.77. The molecular weight excluding hydrogens is 208 g/mol. The minimum atomic E-state index is -0.504. The van der Waals surface area contributed by atoms with Gasteiger partial charge in [0, 0.05) is 5.56 Å². The van der Waals surface area contributed by atoms with Gasteiger partial charge in [-0.25, -0.2) is 4.79 Å². The fourth-order valence-electron chi connectivity index (χ4n) is 1.77. The molecule has 0 aliphatic carbocycles. The number of carbonyl (C=O) groups excluding carboxylic acids is 2. The molecule has 1 aliphatic heterocycles. The zero-order chi connectivity index (χ0) is 11.7. The number of esters is 2. The maximum absolute atomic E-state index is 11.5. The van der Waals surface area contributed by atoms with Crippen molar-refractivity contribution in [1.29, 1.82) is 0 Å². The number of carbonyl (C=O) groups is 2. The SMILES string of the molecule is COC(=O)CC1OC(=O)c2cc(C)ccc21. The molecule has 0 spiro atoms. The van der Waals surface area contributed by atoms with E-state index in [4.69, 9.17) is 4.74 Å². The van der Waals surface area contributed by atoms with Crippen molar-refractivity contribution in [1.82, 2.24) is 0 Å². The smallest absolute Gasteiger partial charge is 0.339 e. The van der Waals surface area contributed by atoms with E-state index in [1.807, 2.05) is 19.1 Å². The van der Waals surface area contributed by atoms with Crippen molar-refractivity contribution in [2.24, 2.45) is 0 Å². The summed E-state index contributed by atoms with van der Waals surface area (Å²) in [6.07, 6.45) is -0.436. The Labute approximate surface area is 93.2 Å². The second kappa shape index (κ2) is 3.96. The molecule has 0 N–H and O–H groups in total. The lowest BCUT2D eigenvalue weighted by Crippen LogP contribution is -2.08. The van der Waals surface area contributed by atoms with E-state index in [0.717, 1.165) is 11.1 Å². The first-order valence-corrected chi connectivity index (χ1v) is 5.00. The second-order valence-corrected chi connectivity index (χ2v) is 3.76. The van der Waals surface area contributed by atoms with Gasteiger partial charge in [-0.1, -0.05) is 17.7 Å². The Morgan fingerprint density at radius 2 is 2.25 bits per heavy atom. The Morgan fingerprint density at radius 1 is 1.50 bits per heavy atom. The van der Waals surface area contributed by atoms with Gasteiger partial charge in [0.1, 0.15) is 6.10 Å². The Balaban J connectivity index is 2.29. The predicted molar refractivity (Wildman–Crippen MR) is 56.0 cm³/mol. The summed E-state index contributed by atoms with van der Waals surface area (Å²) in [5.41, 5.74) is 2.31. The minimum Gasteiger partial charge on any atom is -0.469 e. The Kier molecular flexibility index (Phi) is 2.64. The lowest BCUT2D eigenvalue weighted by atomic mass is 10.0. The summed E-state index contributed by atoms with van der Waals surface area (Å²) in [5.74, 6) is -0.751. The molecule has 1 heterocycles. The van der Waals surface area contributed by atoms with Crippen molar-refractivity contribution in [3.8, 4) is 0 Å². The number of benzene rings is 1. The van der Waals surface area contributed by atoms with Crippen molar-refractivity contribution in [2.75, 3.05) is 7.11 Å². The van der Waals surface area contributed by atoms with E-state index in [2.05, 4.69) is 4.74 Å². The molecule has 0 radical (unpaired) electrons. The first-order valence-electron chi connectivity index (χ1n) is 5.00. The van der Waals surface area contributed by atoms with E-state index in [0.29, 0.717) is 5.56 Å². The van der Waals surface area contributed by atoms with E-state index >= 15 is 0 Å². The molecule has 0 bridgehead atoms. The van der Waals surface area contributed by atoms with Gasteiger partial charge in [-0.3, -0.25) is 4.79 Å². The Bertz CT molecular complexity index is 450. The lowest BCUT2D eigenvalue weighted by molar-refractivity contribution is -0.142. The first kappa shape index (κ1) is 10.7. The second-order valence-electron chi connectivity index (χ2n) is 3.76. The minimum absolute atomic E-state index is 0.0678. The Morgan fingerprint density at radius 3 is 2.94 bits per heavy atom. The summed E-state index contributed by atoms with van der Waals surface area (Å²) in [5, 5.41) is 0. The zero-order valence-corrected chi connectivity index (χ0v) is 9.15. The number of hydrogen-bond donors (Lipinski definition) is 0. The van der Waals surface area contributed by atoms with Crippen LogP contribution in [0.1, 0.15) is 34.0 Å². The van der Waals surface area contributed by atoms with Gasteiger partial charge < -0.3 is 9.47 Å². The van der Waals surface area contributed by atoms with Crippen molar-refractivity contribution < 1.29 is 19.1 Å². The summed E-state index contributed by atoms with van der Waals surface area (Å²) >= 11 is 0. The van der Waals surface area contributed by atoms with Crippen molar-refractivity contribution >= 4 is 11.9 Å². The largest absolute Gasteiger partial charge is 0.469 e. The van der Waals surface area contributed by atoms with Gasteiger partial charge >= 0.3 is 11.9 Å². The topological polar surface area (TPSA) is 52.6 Å². The average molecular weight is 220 g/mol. The number of hydrogen-bond acceptors (Lipinski definition) is 4. The van der Waals surface area contributed by atoms with Gasteiger partial charge in [0.05, 0.1) is 19.1 Å². The van der Waals surface area contributed by atoms with E-state index in [9.17, 15) is 9.59 Å². The third-order valence-electron chi connectivity index (χ3n) is 2.60. The summed E-state index contributed by atoms with van der Waals surface area (Å²) in [6.45, 7) is 1.90. The van der Waals surface area contributed by atoms with Crippen LogP contribution in [0.3, 0.4) is 0 Å². The molecular formula is C12H12O4. The van der Waals surface area contributed by atoms with E-state index < -0.39 is 6.10 Å². The Hall–Kier alpha value is -1.84. The van der Waals surface area contributed by atoms with E-state index in [-0.39, 0.29) is 18.4 Å². The molecule has 2 rings (SSSR count). The van der Waals surface area contributed by atoms with Gasteiger partial charge in [-0.2, -0.15) is 0 Å². The number of rotatable bonds is 2. The van der Waals surface area contributed by atoms with Crippen LogP contribution in [0.4, 0.5) is 0 Å². The molecule has 4 nitrogen and oxygen atoms in total. The van der Waals surface area contributed by atoms with Crippen LogP contribution >= 0.6 is 0 Å². The normalized spacial score (nSPS) is 17.9. The molecule has 1 aromatic carbocycles. The summed E-state index contributed by atoms with van der Waals surface area (Å²) in [7, 11) is 1.31. The predicted octanol–water partition coefficient (Wildman–Crippen LogP) is 1.77.